The van der Waals surface area contributed by atoms with Gasteiger partial charge in [0.15, 0.2) is 0 Å². The summed E-state index contributed by atoms with van der Waals surface area (Å²) in [4.78, 5) is 33.1. The van der Waals surface area contributed by atoms with Gasteiger partial charge in [0.25, 0.3) is 20.0 Å². The predicted molar refractivity (Wildman–Crippen MR) is 292 cm³/mol. The van der Waals surface area contributed by atoms with Gasteiger partial charge < -0.3 is 29.0 Å². The number of nitrogens with zero attached hydrogens (tertiary/aromatic N) is 3. The maximum Gasteiger partial charge on any atom is 0.323 e. The number of carboxylic acid groups (broad SMARTS) is 3. The number of aliphatic carboxylic acids is 3. The van der Waals surface area contributed by atoms with Crippen LogP contribution in [0.3, 0.4) is 0 Å². The van der Waals surface area contributed by atoms with E-state index in [0.29, 0.717) is 38.5 Å². The quantitative estimate of drug-likeness (QED) is 0.0528. The number of rotatable bonds is 16. The Kier molecular flexibility index (Phi) is 17.4. The lowest BCUT2D eigenvalue weighted by Gasteiger charge is -2.10. The van der Waals surface area contributed by atoms with E-state index in [9.17, 15) is 52.8 Å². The molecule has 18 nitrogen and oxygen atoms in total. The van der Waals surface area contributed by atoms with E-state index in [0.717, 1.165) is 35.4 Å². The maximum atomic E-state index is 13.7. The Balaban J connectivity index is 0.000000172. The molecule has 414 valence electrons. The third-order valence-corrected chi connectivity index (χ3v) is 17.3. The van der Waals surface area contributed by atoms with E-state index in [4.69, 9.17) is 26.9 Å². The summed E-state index contributed by atoms with van der Waals surface area (Å²) >= 11 is 5.82. The van der Waals surface area contributed by atoms with Crippen LogP contribution in [-0.2, 0) is 70.6 Å². The lowest BCUT2D eigenvalue weighted by atomic mass is 10.2. The number of carbonyl (C=O) groups is 3. The second-order valence-corrected chi connectivity index (χ2v) is 23.4. The van der Waals surface area contributed by atoms with Crippen LogP contribution in [0.2, 0.25) is 5.02 Å². The smallest absolute Gasteiger partial charge is 0.323 e. The number of carboxylic acids is 3. The molecule has 3 heterocycles. The van der Waals surface area contributed by atoms with Gasteiger partial charge in [-0.3, -0.25) is 23.8 Å². The highest BCUT2D eigenvalue weighted by Crippen LogP contribution is 2.35. The number of anilines is 2. The van der Waals surface area contributed by atoms with Crippen LogP contribution in [0.4, 0.5) is 24.5 Å². The molecule has 0 saturated carbocycles. The van der Waals surface area contributed by atoms with Crippen LogP contribution in [0.1, 0.15) is 33.8 Å². The highest BCUT2D eigenvalue weighted by atomic mass is 35.5. The molecule has 0 amide bonds. The molecule has 9 rings (SSSR count). The molecule has 0 atom stereocenters. The third-order valence-electron chi connectivity index (χ3n) is 12.3. The van der Waals surface area contributed by atoms with Crippen molar-refractivity contribution in [3.05, 3.63) is 184 Å². The van der Waals surface area contributed by atoms with Gasteiger partial charge in [-0.15, -0.1) is 0 Å². The van der Waals surface area contributed by atoms with Gasteiger partial charge in [-0.2, -0.15) is 0 Å². The summed E-state index contributed by atoms with van der Waals surface area (Å²) in [5.41, 5.74) is 4.99. The Bertz CT molecular complexity index is 4200. The van der Waals surface area contributed by atoms with Gasteiger partial charge in [-0.1, -0.05) is 53.6 Å². The largest absolute Gasteiger partial charge is 0.480 e. The molecule has 0 aliphatic carbocycles. The summed E-state index contributed by atoms with van der Waals surface area (Å²) in [6, 6.07) is 31.2. The van der Waals surface area contributed by atoms with Crippen molar-refractivity contribution < 1.29 is 68.1 Å². The van der Waals surface area contributed by atoms with Crippen LogP contribution in [0.25, 0.3) is 32.7 Å². The van der Waals surface area contributed by atoms with Crippen molar-refractivity contribution in [2.24, 2.45) is 0 Å². The minimum atomic E-state index is -4.05. The zero-order valence-electron chi connectivity index (χ0n) is 42.5. The fourth-order valence-electron chi connectivity index (χ4n) is 8.90. The van der Waals surface area contributed by atoms with E-state index in [1.165, 1.54) is 64.8 Å². The zero-order valence-corrected chi connectivity index (χ0v) is 45.8. The first-order valence-electron chi connectivity index (χ1n) is 23.5. The van der Waals surface area contributed by atoms with Crippen LogP contribution in [-0.4, -0.2) is 72.2 Å². The van der Waals surface area contributed by atoms with Crippen LogP contribution >= 0.6 is 11.6 Å². The van der Waals surface area contributed by atoms with Crippen molar-refractivity contribution in [1.29, 1.82) is 0 Å². The molecular formula is C54H50ClF3N6O12S3. The van der Waals surface area contributed by atoms with Crippen molar-refractivity contribution in [2.45, 2.75) is 75.5 Å². The summed E-state index contributed by atoms with van der Waals surface area (Å²) in [5, 5.41) is 28.3. The van der Waals surface area contributed by atoms with Crippen molar-refractivity contribution in [2.75, 3.05) is 9.44 Å². The number of aryl methyl sites for hydroxylation is 2. The Morgan fingerprint density at radius 1 is 0.468 bits per heavy atom. The molecule has 9 aromatic rings. The second kappa shape index (κ2) is 23.4. The topological polar surface area (TPSA) is 265 Å². The zero-order chi connectivity index (χ0) is 57.9. The molecule has 0 fully saturated rings. The molecule has 25 heteroatoms. The Morgan fingerprint density at radius 2 is 0.848 bits per heavy atom. The van der Waals surface area contributed by atoms with E-state index in [1.807, 2.05) is 19.9 Å². The number of halogens is 4. The molecule has 0 bridgehead atoms. The van der Waals surface area contributed by atoms with Crippen LogP contribution in [0.15, 0.2) is 142 Å². The summed E-state index contributed by atoms with van der Waals surface area (Å²) in [6.45, 7) is 6.96. The molecular weight excluding hydrogens is 1110 g/mol. The molecule has 0 aliphatic rings. The minimum Gasteiger partial charge on any atom is -0.480 e. The van der Waals surface area contributed by atoms with Gasteiger partial charge in [0, 0.05) is 56.2 Å². The first kappa shape index (κ1) is 58.5. The van der Waals surface area contributed by atoms with Crippen LogP contribution in [0.5, 0.6) is 0 Å². The number of benzene rings is 6. The second-order valence-electron chi connectivity index (χ2n) is 18.1. The Hall–Kier alpha value is -8.16. The lowest BCUT2D eigenvalue weighted by molar-refractivity contribution is -0.138. The normalized spacial score (nSPS) is 11.7. The van der Waals surface area contributed by atoms with Crippen molar-refractivity contribution in [1.82, 2.24) is 18.4 Å². The predicted octanol–water partition coefficient (Wildman–Crippen LogP) is 9.87. The average molecular weight is 1160 g/mol. The highest BCUT2D eigenvalue weighted by Gasteiger charge is 2.29. The SMILES string of the molecule is Cc1c(S(=O)(=O)NCc2ccc(Cl)cc2)c2cc(F)ccc2n1CC(=O)O.Cc1ccc(NS(=O)(=O)c2c(C)n(CC(=O)O)c3ccc(F)cc23)cc1.Cc1cccc(NS(=O)(=O)c2c(C)n(CC(=O)O)c3ccc(F)cc23)c1. The fourth-order valence-corrected chi connectivity index (χ4v) is 13.5. The van der Waals surface area contributed by atoms with Gasteiger partial charge in [0.05, 0.1) is 16.6 Å². The Labute approximate surface area is 456 Å². The van der Waals surface area contributed by atoms with Gasteiger partial charge in [0.2, 0.25) is 10.0 Å². The molecule has 0 spiro atoms. The molecule has 0 saturated heterocycles. The fraction of sp³-hybridized carbons (Fsp3) is 0.167. The summed E-state index contributed by atoms with van der Waals surface area (Å²) in [7, 11) is -12.1. The molecule has 6 N–H and O–H groups in total. The van der Waals surface area contributed by atoms with E-state index >= 15 is 0 Å². The maximum absolute atomic E-state index is 13.7. The first-order chi connectivity index (χ1) is 37.1. The number of fused-ring (bicyclic) bond motifs is 3. The molecule has 0 radical (unpaired) electrons. The average Bonchev–Trinajstić information content (AvgIpc) is 4.02. The van der Waals surface area contributed by atoms with Gasteiger partial charge in [-0.05, 0) is 137 Å². The van der Waals surface area contributed by atoms with Gasteiger partial charge in [0.1, 0.15) is 51.8 Å². The van der Waals surface area contributed by atoms with E-state index in [-0.39, 0.29) is 54.5 Å². The van der Waals surface area contributed by atoms with Crippen molar-refractivity contribution in [3.8, 4) is 0 Å². The van der Waals surface area contributed by atoms with E-state index in [1.54, 1.807) is 66.7 Å². The minimum absolute atomic E-state index is 0.0138. The van der Waals surface area contributed by atoms with Gasteiger partial charge in [-0.25, -0.2) is 43.1 Å². The molecule has 0 unspecified atom stereocenters. The van der Waals surface area contributed by atoms with Crippen LogP contribution < -0.4 is 14.2 Å². The van der Waals surface area contributed by atoms with Crippen molar-refractivity contribution in [3.63, 3.8) is 0 Å². The number of nitrogens with one attached hydrogen (secondary N) is 3. The number of hydrogen-bond donors (Lipinski definition) is 6. The number of aromatic nitrogens is 3. The molecule has 6 aromatic carbocycles. The van der Waals surface area contributed by atoms with Crippen LogP contribution in [0, 0.1) is 52.1 Å². The standard InChI is InChI=1S/C18H16ClFN2O4S.2C18H17FN2O4S/c1-11-18(27(25,26)21-9-12-2-4-13(19)5-3-12)15-8-14(20)6-7-16(15)22(11)10-17(23)24;1-11-3-6-14(7-4-11)20-26(24,25)18-12(2)21(10-17(22)23)16-8-5-13(19)9-15(16)18;1-11-4-3-5-14(8-11)20-26(24,25)18-12(2)21(10-17(22)23)16-7-6-13(19)9-15(16)18/h2-8,21H,9-10H2,1H3,(H,23,24);2*3-9,20H,10H2,1-2H3,(H,22,23). The number of hydrogen-bond acceptors (Lipinski definition) is 9. The van der Waals surface area contributed by atoms with E-state index in [2.05, 4.69) is 14.2 Å². The van der Waals surface area contributed by atoms with Crippen molar-refractivity contribution >= 4 is 104 Å². The van der Waals surface area contributed by atoms with Gasteiger partial charge >= 0.3 is 17.9 Å². The highest BCUT2D eigenvalue weighted by molar-refractivity contribution is 7.93. The summed E-state index contributed by atoms with van der Waals surface area (Å²) in [6.07, 6.45) is 0. The monoisotopic (exact) mass is 1160 g/mol. The number of sulfonamides is 3. The lowest BCUT2D eigenvalue weighted by Crippen LogP contribution is -2.24. The summed E-state index contributed by atoms with van der Waals surface area (Å²) in [5.74, 6) is -5.18. The molecule has 79 heavy (non-hydrogen) atoms. The summed E-state index contributed by atoms with van der Waals surface area (Å²) < 4.78 is 130. The Morgan fingerprint density at radius 3 is 1.23 bits per heavy atom. The molecule has 0 aliphatic heterocycles. The third kappa shape index (κ3) is 13.4. The molecule has 3 aromatic heterocycles. The van der Waals surface area contributed by atoms with E-state index < -0.39 is 85.1 Å². The first-order valence-corrected chi connectivity index (χ1v) is 28.3.